The molecular formula is C17H17FN4O4S. The molecule has 27 heavy (non-hydrogen) atoms. The molecule has 2 aromatic heterocycles. The molecule has 0 spiro atoms. The summed E-state index contributed by atoms with van der Waals surface area (Å²) in [5.41, 5.74) is 1.01. The first-order valence-electron chi connectivity index (χ1n) is 8.09. The average molecular weight is 392 g/mol. The summed E-state index contributed by atoms with van der Waals surface area (Å²) < 4.78 is 28.9. The van der Waals surface area contributed by atoms with Gasteiger partial charge < -0.3 is 13.8 Å². The van der Waals surface area contributed by atoms with E-state index in [4.69, 9.17) is 13.8 Å². The van der Waals surface area contributed by atoms with Gasteiger partial charge >= 0.3 is 5.97 Å². The standard InChI is InChI=1S/C17H17FN4O4S/c1-9-4-5-12(6-13(9)18)16-20-17(26-22-16)10(2)24-15(23)8-27-7-14-19-11(3)25-21-14/h4-6,10H,7-8H2,1-3H3. The first-order chi connectivity index (χ1) is 12.9. The van der Waals surface area contributed by atoms with Crippen LogP contribution in [0, 0.1) is 19.7 Å². The molecule has 142 valence electrons. The topological polar surface area (TPSA) is 104 Å². The van der Waals surface area contributed by atoms with Crippen LogP contribution in [0.4, 0.5) is 4.39 Å². The van der Waals surface area contributed by atoms with Gasteiger partial charge in [0.15, 0.2) is 11.9 Å². The number of thioether (sulfide) groups is 1. The molecule has 1 aromatic carbocycles. The maximum Gasteiger partial charge on any atom is 0.316 e. The molecule has 8 nitrogen and oxygen atoms in total. The van der Waals surface area contributed by atoms with Gasteiger partial charge in [-0.2, -0.15) is 9.97 Å². The van der Waals surface area contributed by atoms with Crippen LogP contribution in [-0.2, 0) is 15.3 Å². The molecule has 0 saturated heterocycles. The molecule has 0 aliphatic heterocycles. The zero-order valence-corrected chi connectivity index (χ0v) is 15.7. The monoisotopic (exact) mass is 392 g/mol. The fourth-order valence-electron chi connectivity index (χ4n) is 2.16. The van der Waals surface area contributed by atoms with Crippen molar-refractivity contribution in [3.63, 3.8) is 0 Å². The average Bonchev–Trinajstić information content (AvgIpc) is 3.27. The van der Waals surface area contributed by atoms with Gasteiger partial charge in [-0.3, -0.25) is 4.79 Å². The van der Waals surface area contributed by atoms with Crippen molar-refractivity contribution in [1.29, 1.82) is 0 Å². The second-order valence-electron chi connectivity index (χ2n) is 5.77. The third-order valence-corrected chi connectivity index (χ3v) is 4.45. The predicted molar refractivity (Wildman–Crippen MR) is 94.1 cm³/mol. The largest absolute Gasteiger partial charge is 0.452 e. The van der Waals surface area contributed by atoms with Crippen molar-refractivity contribution >= 4 is 17.7 Å². The van der Waals surface area contributed by atoms with Crippen molar-refractivity contribution < 1.29 is 23.0 Å². The Kier molecular flexibility index (Phi) is 5.84. The molecule has 0 amide bonds. The van der Waals surface area contributed by atoms with Crippen LogP contribution in [0.25, 0.3) is 11.4 Å². The number of ether oxygens (including phenoxy) is 1. The molecule has 1 unspecified atom stereocenters. The molecule has 0 fully saturated rings. The number of halogens is 1. The van der Waals surface area contributed by atoms with Gasteiger partial charge in [0, 0.05) is 12.5 Å². The van der Waals surface area contributed by atoms with Gasteiger partial charge in [0.1, 0.15) is 5.82 Å². The zero-order valence-electron chi connectivity index (χ0n) is 14.9. The van der Waals surface area contributed by atoms with Gasteiger partial charge in [0.2, 0.25) is 11.7 Å². The summed E-state index contributed by atoms with van der Waals surface area (Å²) in [5.74, 6) is 1.12. The summed E-state index contributed by atoms with van der Waals surface area (Å²) in [7, 11) is 0. The number of rotatable bonds is 7. The Morgan fingerprint density at radius 3 is 2.78 bits per heavy atom. The lowest BCUT2D eigenvalue weighted by molar-refractivity contribution is -0.146. The molecule has 0 radical (unpaired) electrons. The molecule has 2 heterocycles. The Morgan fingerprint density at radius 2 is 2.07 bits per heavy atom. The van der Waals surface area contributed by atoms with Crippen LogP contribution in [0.3, 0.4) is 0 Å². The first kappa shape index (κ1) is 19.0. The summed E-state index contributed by atoms with van der Waals surface area (Å²) in [6, 6.07) is 4.66. The predicted octanol–water partition coefficient (Wildman–Crippen LogP) is 3.41. The highest BCUT2D eigenvalue weighted by molar-refractivity contribution is 7.99. The van der Waals surface area contributed by atoms with Crippen molar-refractivity contribution in [2.75, 3.05) is 5.75 Å². The van der Waals surface area contributed by atoms with Gasteiger partial charge in [0.25, 0.3) is 5.89 Å². The lowest BCUT2D eigenvalue weighted by Crippen LogP contribution is -2.11. The Labute approximate surface area is 158 Å². The minimum atomic E-state index is -0.720. The van der Waals surface area contributed by atoms with Crippen LogP contribution in [0.1, 0.15) is 36.2 Å². The number of carbonyl (C=O) groups excluding carboxylic acids is 1. The highest BCUT2D eigenvalue weighted by atomic mass is 32.2. The van der Waals surface area contributed by atoms with Crippen molar-refractivity contribution in [2.45, 2.75) is 32.6 Å². The Morgan fingerprint density at radius 1 is 1.26 bits per heavy atom. The van der Waals surface area contributed by atoms with E-state index < -0.39 is 12.1 Å². The van der Waals surface area contributed by atoms with Gasteiger partial charge in [-0.25, -0.2) is 4.39 Å². The Bertz CT molecular complexity index is 943. The smallest absolute Gasteiger partial charge is 0.316 e. The lowest BCUT2D eigenvalue weighted by Gasteiger charge is -2.08. The minimum Gasteiger partial charge on any atom is -0.452 e. The third kappa shape index (κ3) is 4.91. The van der Waals surface area contributed by atoms with Crippen LogP contribution in [0.15, 0.2) is 27.2 Å². The van der Waals surface area contributed by atoms with Gasteiger partial charge in [-0.1, -0.05) is 22.4 Å². The second-order valence-corrected chi connectivity index (χ2v) is 6.76. The summed E-state index contributed by atoms with van der Waals surface area (Å²) in [4.78, 5) is 20.2. The van der Waals surface area contributed by atoms with E-state index in [1.807, 2.05) is 0 Å². The van der Waals surface area contributed by atoms with Crippen molar-refractivity contribution in [2.24, 2.45) is 0 Å². The molecule has 0 aliphatic rings. The van der Waals surface area contributed by atoms with E-state index in [9.17, 15) is 9.18 Å². The molecule has 0 N–H and O–H groups in total. The van der Waals surface area contributed by atoms with Crippen LogP contribution in [-0.4, -0.2) is 32.0 Å². The fraction of sp³-hybridized carbons (Fsp3) is 0.353. The van der Waals surface area contributed by atoms with E-state index in [1.165, 1.54) is 17.8 Å². The van der Waals surface area contributed by atoms with E-state index in [2.05, 4.69) is 20.3 Å². The summed E-state index contributed by atoms with van der Waals surface area (Å²) >= 11 is 1.30. The molecule has 1 atom stereocenters. The summed E-state index contributed by atoms with van der Waals surface area (Å²) in [5, 5.41) is 7.56. The number of benzene rings is 1. The number of hydrogen-bond acceptors (Lipinski definition) is 9. The third-order valence-electron chi connectivity index (χ3n) is 3.55. The Hall–Kier alpha value is -2.75. The number of nitrogens with zero attached hydrogens (tertiary/aromatic N) is 4. The number of aryl methyl sites for hydroxylation is 2. The van der Waals surface area contributed by atoms with E-state index in [0.717, 1.165) is 0 Å². The molecule has 0 aliphatic carbocycles. The van der Waals surface area contributed by atoms with Crippen LogP contribution in [0.2, 0.25) is 0 Å². The normalized spacial score (nSPS) is 12.1. The molecule has 3 aromatic rings. The maximum absolute atomic E-state index is 13.7. The molecule has 0 bridgehead atoms. The zero-order chi connectivity index (χ0) is 19.4. The number of carbonyl (C=O) groups is 1. The molecule has 3 rings (SSSR count). The second kappa shape index (κ2) is 8.30. The maximum atomic E-state index is 13.7. The molecule has 10 heteroatoms. The van der Waals surface area contributed by atoms with E-state index in [1.54, 1.807) is 32.9 Å². The van der Waals surface area contributed by atoms with Crippen molar-refractivity contribution in [3.8, 4) is 11.4 Å². The quantitative estimate of drug-likeness (QED) is 0.559. The van der Waals surface area contributed by atoms with Crippen molar-refractivity contribution in [3.05, 3.63) is 47.2 Å². The highest BCUT2D eigenvalue weighted by Crippen LogP contribution is 2.23. The van der Waals surface area contributed by atoms with Gasteiger partial charge in [-0.15, -0.1) is 11.8 Å². The van der Waals surface area contributed by atoms with Crippen LogP contribution in [0.5, 0.6) is 0 Å². The summed E-state index contributed by atoms with van der Waals surface area (Å²) in [6.45, 7) is 4.99. The SMILES string of the molecule is Cc1nc(CSCC(=O)OC(C)c2nc(-c3ccc(C)c(F)c3)no2)no1. The van der Waals surface area contributed by atoms with Gasteiger partial charge in [0.05, 0.1) is 11.5 Å². The number of aromatic nitrogens is 4. The van der Waals surface area contributed by atoms with E-state index in [0.29, 0.717) is 28.6 Å². The molecular weight excluding hydrogens is 375 g/mol. The highest BCUT2D eigenvalue weighted by Gasteiger charge is 2.20. The van der Waals surface area contributed by atoms with Crippen LogP contribution < -0.4 is 0 Å². The van der Waals surface area contributed by atoms with Crippen molar-refractivity contribution in [1.82, 2.24) is 20.3 Å². The number of hydrogen-bond donors (Lipinski definition) is 0. The minimum absolute atomic E-state index is 0.113. The van der Waals surface area contributed by atoms with E-state index in [-0.39, 0.29) is 23.3 Å². The van der Waals surface area contributed by atoms with Gasteiger partial charge in [-0.05, 0) is 25.5 Å². The number of esters is 1. The Balaban J connectivity index is 1.53. The first-order valence-corrected chi connectivity index (χ1v) is 9.24. The van der Waals surface area contributed by atoms with E-state index >= 15 is 0 Å². The summed E-state index contributed by atoms with van der Waals surface area (Å²) in [6.07, 6.45) is -0.720. The van der Waals surface area contributed by atoms with Crippen LogP contribution >= 0.6 is 11.8 Å². The fourth-order valence-corrected chi connectivity index (χ4v) is 2.79. The lowest BCUT2D eigenvalue weighted by atomic mass is 10.1. The molecule has 0 saturated carbocycles.